The summed E-state index contributed by atoms with van der Waals surface area (Å²) in [7, 11) is 0. The molecule has 0 aliphatic rings. The fourth-order valence-corrected chi connectivity index (χ4v) is 11.4. The Hall–Kier alpha value is -8.39. The van der Waals surface area contributed by atoms with Gasteiger partial charge in [0.1, 0.15) is 16.9 Å². The summed E-state index contributed by atoms with van der Waals surface area (Å²) in [5, 5.41) is 9.35. The number of rotatable bonds is 5. The molecule has 0 atom stereocenters. The Morgan fingerprint density at radius 1 is 0.328 bits per heavy atom. The van der Waals surface area contributed by atoms with Crippen molar-refractivity contribution in [2.24, 2.45) is 0 Å². The lowest BCUT2D eigenvalue weighted by Crippen LogP contribution is -1.99. The lowest BCUT2D eigenvalue weighted by molar-refractivity contribution is 1.09. The number of para-hydroxylation sites is 2. The molecule has 64 heavy (non-hydrogen) atoms. The minimum atomic E-state index is 0.882. The van der Waals surface area contributed by atoms with E-state index < -0.39 is 0 Å². The van der Waals surface area contributed by atoms with Gasteiger partial charge in [-0.2, -0.15) is 0 Å². The van der Waals surface area contributed by atoms with Crippen LogP contribution >= 0.6 is 11.3 Å². The molecule has 14 rings (SSSR count). The summed E-state index contributed by atoms with van der Waals surface area (Å²) in [6, 6.07) is 67.7. The molecule has 298 valence electrons. The Bertz CT molecular complexity index is 3950. The molecule has 14 aromatic rings. The van der Waals surface area contributed by atoms with Crippen LogP contribution < -0.4 is 0 Å². The Morgan fingerprint density at radius 3 is 1.64 bits per heavy atom. The normalized spacial score (nSPS) is 12.1. The van der Waals surface area contributed by atoms with Gasteiger partial charge in [0.05, 0.1) is 28.4 Å². The van der Waals surface area contributed by atoms with E-state index in [4.69, 9.17) is 15.0 Å². The van der Waals surface area contributed by atoms with Crippen LogP contribution in [0.4, 0.5) is 0 Å². The first kappa shape index (κ1) is 35.2. The fourth-order valence-electron chi connectivity index (χ4n) is 10.2. The largest absolute Gasteiger partial charge is 0.294 e. The van der Waals surface area contributed by atoms with Crippen LogP contribution in [0.5, 0.6) is 0 Å². The van der Waals surface area contributed by atoms with E-state index in [2.05, 4.69) is 190 Å². The van der Waals surface area contributed by atoms with Gasteiger partial charge in [-0.05, 0) is 107 Å². The second kappa shape index (κ2) is 13.6. The van der Waals surface area contributed by atoms with Crippen LogP contribution in [0.1, 0.15) is 0 Å². The molecule has 7 aromatic heterocycles. The molecule has 0 saturated carbocycles. The van der Waals surface area contributed by atoms with Crippen LogP contribution in [0.2, 0.25) is 0 Å². The van der Waals surface area contributed by atoms with Crippen molar-refractivity contribution in [3.63, 3.8) is 0 Å². The number of aromatic nitrogens is 6. The van der Waals surface area contributed by atoms with E-state index in [9.17, 15) is 0 Å². The molecule has 0 saturated heterocycles. The van der Waals surface area contributed by atoms with Crippen LogP contribution in [0, 0.1) is 0 Å². The third-order valence-corrected chi connectivity index (χ3v) is 14.2. The van der Waals surface area contributed by atoms with E-state index in [0.29, 0.717) is 0 Å². The highest BCUT2D eigenvalue weighted by Crippen LogP contribution is 2.42. The van der Waals surface area contributed by atoms with E-state index >= 15 is 0 Å². The van der Waals surface area contributed by atoms with Crippen LogP contribution in [0.25, 0.3) is 125 Å². The molecule has 0 unspecified atom stereocenters. The van der Waals surface area contributed by atoms with Crippen molar-refractivity contribution in [2.75, 3.05) is 0 Å². The molecule has 0 fully saturated rings. The zero-order chi connectivity index (χ0) is 41.9. The fraction of sp³-hybridized carbons (Fsp3) is 0. The summed E-state index contributed by atoms with van der Waals surface area (Å²) in [6.07, 6.45) is 5.75. The summed E-state index contributed by atoms with van der Waals surface area (Å²) < 4.78 is 9.48. The summed E-state index contributed by atoms with van der Waals surface area (Å²) >= 11 is 1.87. The highest BCUT2D eigenvalue weighted by atomic mass is 32.1. The standard InChI is InChI=1S/C57H34N6S/c1-4-23-50-42(16-1)46-21-10-28-58-55(46)62(50)39-26-27-52-48(32-39)49-33-40(63-51-24-5-2-17-43(51)47-22-11-29-59-56(47)63)34-60-57(49)61(52)38-15-8-13-36(31-38)35-12-7-14-37(30-35)41-19-9-20-45-44-18-3-6-25-53(44)64-54(41)45/h1-34H. The van der Waals surface area contributed by atoms with Crippen LogP contribution in [0.3, 0.4) is 0 Å². The van der Waals surface area contributed by atoms with E-state index in [1.165, 1.54) is 36.7 Å². The number of hydrogen-bond donors (Lipinski definition) is 0. The Morgan fingerprint density at radius 2 is 0.875 bits per heavy atom. The molecule has 0 amide bonds. The molecule has 7 aromatic carbocycles. The highest BCUT2D eigenvalue weighted by molar-refractivity contribution is 7.26. The minimum absolute atomic E-state index is 0.882. The van der Waals surface area contributed by atoms with Gasteiger partial charge in [0.2, 0.25) is 0 Å². The maximum Gasteiger partial charge on any atom is 0.145 e. The molecule has 0 aliphatic carbocycles. The molecule has 0 aliphatic heterocycles. The van der Waals surface area contributed by atoms with Crippen LogP contribution in [-0.4, -0.2) is 28.7 Å². The van der Waals surface area contributed by atoms with Crippen LogP contribution in [0.15, 0.2) is 207 Å². The lowest BCUT2D eigenvalue weighted by atomic mass is 9.97. The number of fused-ring (bicyclic) bond motifs is 12. The van der Waals surface area contributed by atoms with Crippen molar-refractivity contribution < 1.29 is 0 Å². The number of thiophene rings is 1. The van der Waals surface area contributed by atoms with Gasteiger partial charge in [-0.15, -0.1) is 11.3 Å². The summed E-state index contributed by atoms with van der Waals surface area (Å²) in [4.78, 5) is 15.2. The predicted octanol–water partition coefficient (Wildman–Crippen LogP) is 14.9. The van der Waals surface area contributed by atoms with Gasteiger partial charge in [-0.3, -0.25) is 13.7 Å². The molecule has 0 bridgehead atoms. The van der Waals surface area contributed by atoms with Gasteiger partial charge in [-0.25, -0.2) is 15.0 Å². The first-order valence-electron chi connectivity index (χ1n) is 21.5. The molecule has 0 N–H and O–H groups in total. The smallest absolute Gasteiger partial charge is 0.145 e. The molecule has 0 radical (unpaired) electrons. The molecule has 7 heterocycles. The van der Waals surface area contributed by atoms with Gasteiger partial charge in [0.15, 0.2) is 0 Å². The van der Waals surface area contributed by atoms with Crippen molar-refractivity contribution in [3.8, 4) is 39.3 Å². The Balaban J connectivity index is 0.980. The van der Waals surface area contributed by atoms with Crippen molar-refractivity contribution >= 4 is 97.3 Å². The van der Waals surface area contributed by atoms with Crippen molar-refractivity contribution in [3.05, 3.63) is 207 Å². The summed E-state index contributed by atoms with van der Waals surface area (Å²) in [5.41, 5.74) is 13.8. The molecular formula is C57H34N6S. The lowest BCUT2D eigenvalue weighted by Gasteiger charge is -2.12. The molecule has 6 nitrogen and oxygen atoms in total. The van der Waals surface area contributed by atoms with Gasteiger partial charge in [-0.1, -0.05) is 103 Å². The maximum absolute atomic E-state index is 5.36. The zero-order valence-electron chi connectivity index (χ0n) is 34.2. The number of nitrogens with zero attached hydrogens (tertiary/aromatic N) is 6. The van der Waals surface area contributed by atoms with E-state index in [-0.39, 0.29) is 0 Å². The third kappa shape index (κ3) is 5.10. The second-order valence-electron chi connectivity index (χ2n) is 16.5. The first-order valence-corrected chi connectivity index (χ1v) is 22.3. The topological polar surface area (TPSA) is 53.5 Å². The van der Waals surface area contributed by atoms with Crippen molar-refractivity contribution in [2.45, 2.75) is 0 Å². The Kier molecular flexibility index (Phi) is 7.46. The zero-order valence-corrected chi connectivity index (χ0v) is 35.0. The van der Waals surface area contributed by atoms with Crippen LogP contribution in [-0.2, 0) is 0 Å². The SMILES string of the molecule is c1cc(-c2cccc(-n3c4ccc(-n5c6ccccc6c6cccnc65)cc4c4cc(-n5c6ccccc6c6cccnc65)cnc43)c2)cc(-c2cccc3c2sc2ccccc23)c1. The Labute approximate surface area is 370 Å². The molecule has 0 spiro atoms. The highest BCUT2D eigenvalue weighted by Gasteiger charge is 2.21. The number of pyridine rings is 3. The third-order valence-electron chi connectivity index (χ3n) is 13.0. The van der Waals surface area contributed by atoms with Gasteiger partial charge >= 0.3 is 0 Å². The monoisotopic (exact) mass is 834 g/mol. The van der Waals surface area contributed by atoms with Gasteiger partial charge in [0, 0.05) is 76.3 Å². The van der Waals surface area contributed by atoms with Gasteiger partial charge < -0.3 is 0 Å². The van der Waals surface area contributed by atoms with Gasteiger partial charge in [0.25, 0.3) is 0 Å². The predicted molar refractivity (Wildman–Crippen MR) is 267 cm³/mol. The van der Waals surface area contributed by atoms with E-state index in [1.54, 1.807) is 0 Å². The maximum atomic E-state index is 5.36. The summed E-state index contributed by atoms with van der Waals surface area (Å²) in [5.74, 6) is 0. The second-order valence-corrected chi connectivity index (χ2v) is 17.5. The molecular weight excluding hydrogens is 801 g/mol. The van der Waals surface area contributed by atoms with E-state index in [0.717, 1.165) is 88.6 Å². The minimum Gasteiger partial charge on any atom is -0.294 e. The van der Waals surface area contributed by atoms with Crippen molar-refractivity contribution in [1.29, 1.82) is 0 Å². The summed E-state index contributed by atoms with van der Waals surface area (Å²) in [6.45, 7) is 0. The quantitative estimate of drug-likeness (QED) is 0.174. The van der Waals surface area contributed by atoms with E-state index in [1.807, 2.05) is 42.1 Å². The van der Waals surface area contributed by atoms with Crippen molar-refractivity contribution in [1.82, 2.24) is 28.7 Å². The first-order chi connectivity index (χ1) is 31.7. The number of hydrogen-bond acceptors (Lipinski definition) is 4. The average molecular weight is 835 g/mol. The molecule has 7 heteroatoms. The average Bonchev–Trinajstić information content (AvgIpc) is 4.10. The number of benzene rings is 7.